The Labute approximate surface area is 193 Å². The fourth-order valence-corrected chi connectivity index (χ4v) is 3.49. The molecule has 29 heavy (non-hydrogen) atoms. The van der Waals surface area contributed by atoms with E-state index in [0.29, 0.717) is 12.7 Å². The molecule has 0 radical (unpaired) electrons. The maximum atomic E-state index is 5.98. The zero-order valence-electron chi connectivity index (χ0n) is 18.4. The highest BCUT2D eigenvalue weighted by Crippen LogP contribution is 2.22. The van der Waals surface area contributed by atoms with Crippen LogP contribution in [0.2, 0.25) is 0 Å². The summed E-state index contributed by atoms with van der Waals surface area (Å²) in [5, 5.41) is 3.47. The lowest BCUT2D eigenvalue weighted by Crippen LogP contribution is -2.47. The molecule has 7 heteroatoms. The van der Waals surface area contributed by atoms with Crippen LogP contribution in [-0.4, -0.2) is 70.6 Å². The van der Waals surface area contributed by atoms with Gasteiger partial charge in [-0.2, -0.15) is 0 Å². The molecule has 166 valence electrons. The zero-order chi connectivity index (χ0) is 20.2. The smallest absolute Gasteiger partial charge is 0.193 e. The van der Waals surface area contributed by atoms with E-state index in [-0.39, 0.29) is 24.0 Å². The zero-order valence-corrected chi connectivity index (χ0v) is 20.7. The Kier molecular flexibility index (Phi) is 13.3. The van der Waals surface area contributed by atoms with Gasteiger partial charge in [-0.05, 0) is 50.7 Å². The number of aliphatic imine (C=N–C) groups is 1. The summed E-state index contributed by atoms with van der Waals surface area (Å²) in [7, 11) is 3.58. The average Bonchev–Trinajstić information content (AvgIpc) is 2.70. The van der Waals surface area contributed by atoms with Crippen LogP contribution in [0.3, 0.4) is 0 Å². The van der Waals surface area contributed by atoms with Crippen molar-refractivity contribution >= 4 is 29.9 Å². The van der Waals surface area contributed by atoms with Gasteiger partial charge in [0.05, 0.1) is 12.7 Å². The first-order valence-corrected chi connectivity index (χ1v) is 10.4. The van der Waals surface area contributed by atoms with Crippen molar-refractivity contribution in [2.24, 2.45) is 4.99 Å². The Bertz CT molecular complexity index is 585. The van der Waals surface area contributed by atoms with E-state index >= 15 is 0 Å². The molecule has 1 aliphatic rings. The molecule has 0 bridgehead atoms. The fraction of sp³-hybridized carbons (Fsp3) is 0.682. The van der Waals surface area contributed by atoms with E-state index in [9.17, 15) is 0 Å². The largest absolute Gasteiger partial charge is 0.493 e. The molecular formula is C22H38IN3O3. The Hall–Kier alpha value is -1.06. The molecule has 2 rings (SSSR count). The normalized spacial score (nSPS) is 15.2. The predicted octanol–water partition coefficient (Wildman–Crippen LogP) is 3.78. The van der Waals surface area contributed by atoms with Crippen LogP contribution in [0, 0.1) is 13.8 Å². The summed E-state index contributed by atoms with van der Waals surface area (Å²) >= 11 is 0. The van der Waals surface area contributed by atoms with Gasteiger partial charge in [0, 0.05) is 47.0 Å². The summed E-state index contributed by atoms with van der Waals surface area (Å²) in [4.78, 5) is 6.76. The number of hydrogen-bond donors (Lipinski definition) is 1. The van der Waals surface area contributed by atoms with Crippen LogP contribution in [-0.2, 0) is 9.47 Å². The van der Waals surface area contributed by atoms with Gasteiger partial charge in [0.25, 0.3) is 0 Å². The number of likely N-dealkylation sites (tertiary alicyclic amines) is 1. The van der Waals surface area contributed by atoms with Gasteiger partial charge in [-0.15, -0.1) is 24.0 Å². The number of nitrogens with zero attached hydrogens (tertiary/aromatic N) is 2. The van der Waals surface area contributed by atoms with Gasteiger partial charge in [0.15, 0.2) is 5.96 Å². The van der Waals surface area contributed by atoms with E-state index in [2.05, 4.69) is 47.3 Å². The number of aryl methyl sites for hydroxylation is 2. The van der Waals surface area contributed by atoms with Crippen LogP contribution < -0.4 is 10.1 Å². The summed E-state index contributed by atoms with van der Waals surface area (Å²) in [6.45, 7) is 9.24. The predicted molar refractivity (Wildman–Crippen MR) is 130 cm³/mol. The number of hydrogen-bond acceptors (Lipinski definition) is 4. The minimum Gasteiger partial charge on any atom is -0.493 e. The molecule has 1 aromatic rings. The topological polar surface area (TPSA) is 55.3 Å². The van der Waals surface area contributed by atoms with Gasteiger partial charge in [-0.25, -0.2) is 0 Å². The molecule has 0 saturated carbocycles. The number of benzene rings is 1. The molecule has 0 aliphatic carbocycles. The number of para-hydroxylation sites is 1. The summed E-state index contributed by atoms with van der Waals surface area (Å²) < 4.78 is 17.0. The van der Waals surface area contributed by atoms with Gasteiger partial charge >= 0.3 is 0 Å². The third-order valence-electron chi connectivity index (χ3n) is 5.06. The standard InChI is InChI=1S/C22H37N3O3.HI/c1-18-8-5-9-19(2)21(18)28-16-6-12-24-22(23-3)25-13-10-20(11-14-25)27-17-7-15-26-4;/h5,8-9,20H,6-7,10-17H2,1-4H3,(H,23,24);1H. The quantitative estimate of drug-likeness (QED) is 0.221. The Balaban J connectivity index is 0.00000420. The first-order chi connectivity index (χ1) is 13.7. The van der Waals surface area contributed by atoms with E-state index in [1.807, 2.05) is 7.05 Å². The average molecular weight is 519 g/mol. The van der Waals surface area contributed by atoms with E-state index in [4.69, 9.17) is 14.2 Å². The van der Waals surface area contributed by atoms with E-state index in [1.165, 1.54) is 11.1 Å². The lowest BCUT2D eigenvalue weighted by atomic mass is 10.1. The van der Waals surface area contributed by atoms with Crippen LogP contribution in [0.4, 0.5) is 0 Å². The molecular weight excluding hydrogens is 481 g/mol. The monoisotopic (exact) mass is 519 g/mol. The second kappa shape index (κ2) is 14.8. The van der Waals surface area contributed by atoms with Crippen LogP contribution in [0.5, 0.6) is 5.75 Å². The van der Waals surface area contributed by atoms with E-state index < -0.39 is 0 Å². The van der Waals surface area contributed by atoms with Crippen molar-refractivity contribution < 1.29 is 14.2 Å². The Morgan fingerprint density at radius 1 is 1.10 bits per heavy atom. The highest BCUT2D eigenvalue weighted by Gasteiger charge is 2.21. The van der Waals surface area contributed by atoms with E-state index in [1.54, 1.807) is 7.11 Å². The lowest BCUT2D eigenvalue weighted by molar-refractivity contribution is 0.00991. The third kappa shape index (κ3) is 9.09. The molecule has 1 N–H and O–H groups in total. The summed E-state index contributed by atoms with van der Waals surface area (Å²) in [5.74, 6) is 1.99. The molecule has 6 nitrogen and oxygen atoms in total. The second-order valence-corrected chi connectivity index (χ2v) is 7.30. The number of guanidine groups is 1. The minimum absolute atomic E-state index is 0. The van der Waals surface area contributed by atoms with Crippen LogP contribution >= 0.6 is 24.0 Å². The molecule has 0 unspecified atom stereocenters. The molecule has 1 aliphatic heterocycles. The fourth-order valence-electron chi connectivity index (χ4n) is 3.49. The SMILES string of the molecule is CN=C(NCCCOc1c(C)cccc1C)N1CCC(OCCCOC)CC1.I. The van der Waals surface area contributed by atoms with E-state index in [0.717, 1.165) is 70.2 Å². The van der Waals surface area contributed by atoms with Crippen LogP contribution in [0.25, 0.3) is 0 Å². The Morgan fingerprint density at radius 2 is 1.79 bits per heavy atom. The van der Waals surface area contributed by atoms with Gasteiger partial charge in [-0.1, -0.05) is 18.2 Å². The second-order valence-electron chi connectivity index (χ2n) is 7.30. The molecule has 0 amide bonds. The van der Waals surface area contributed by atoms with Crippen molar-refractivity contribution in [3.8, 4) is 5.75 Å². The van der Waals surface area contributed by atoms with Crippen molar-refractivity contribution in [2.75, 3.05) is 53.6 Å². The maximum absolute atomic E-state index is 5.98. The summed E-state index contributed by atoms with van der Waals surface area (Å²) in [6, 6.07) is 6.25. The van der Waals surface area contributed by atoms with Crippen molar-refractivity contribution in [3.63, 3.8) is 0 Å². The first-order valence-electron chi connectivity index (χ1n) is 10.4. The number of nitrogens with one attached hydrogen (secondary N) is 1. The number of halogens is 1. The summed E-state index contributed by atoms with van der Waals surface area (Å²) in [6.07, 6.45) is 4.35. The van der Waals surface area contributed by atoms with Crippen molar-refractivity contribution in [2.45, 2.75) is 45.6 Å². The highest BCUT2D eigenvalue weighted by molar-refractivity contribution is 14.0. The molecule has 0 spiro atoms. The number of ether oxygens (including phenoxy) is 3. The number of rotatable bonds is 10. The van der Waals surface area contributed by atoms with Gasteiger partial charge < -0.3 is 24.4 Å². The maximum Gasteiger partial charge on any atom is 0.193 e. The van der Waals surface area contributed by atoms with Crippen LogP contribution in [0.15, 0.2) is 23.2 Å². The van der Waals surface area contributed by atoms with Crippen molar-refractivity contribution in [3.05, 3.63) is 29.3 Å². The van der Waals surface area contributed by atoms with Gasteiger partial charge in [0.1, 0.15) is 5.75 Å². The first kappa shape index (κ1) is 26.0. The van der Waals surface area contributed by atoms with Gasteiger partial charge in [-0.3, -0.25) is 4.99 Å². The van der Waals surface area contributed by atoms with Crippen LogP contribution in [0.1, 0.15) is 36.8 Å². The highest BCUT2D eigenvalue weighted by atomic mass is 127. The molecule has 0 aromatic heterocycles. The van der Waals surface area contributed by atoms with Gasteiger partial charge in [0.2, 0.25) is 0 Å². The number of piperidine rings is 1. The lowest BCUT2D eigenvalue weighted by Gasteiger charge is -2.34. The third-order valence-corrected chi connectivity index (χ3v) is 5.06. The molecule has 0 atom stereocenters. The van der Waals surface area contributed by atoms with Crippen molar-refractivity contribution in [1.82, 2.24) is 10.2 Å². The minimum atomic E-state index is 0. The summed E-state index contributed by atoms with van der Waals surface area (Å²) in [5.41, 5.74) is 2.38. The molecule has 1 heterocycles. The Morgan fingerprint density at radius 3 is 2.41 bits per heavy atom. The van der Waals surface area contributed by atoms with Crippen molar-refractivity contribution in [1.29, 1.82) is 0 Å². The molecule has 1 fully saturated rings. The molecule has 1 aromatic carbocycles. The molecule has 1 saturated heterocycles. The number of methoxy groups -OCH3 is 1.